The molecule has 0 aliphatic heterocycles. The first kappa shape index (κ1) is 21.4. The number of ether oxygens (including phenoxy) is 1. The van der Waals surface area contributed by atoms with Crippen molar-refractivity contribution in [2.45, 2.75) is 64.7 Å². The Morgan fingerprint density at radius 1 is 1.10 bits per heavy atom. The van der Waals surface area contributed by atoms with E-state index in [2.05, 4.69) is 58.1 Å². The zero-order chi connectivity index (χ0) is 21.6. The largest absolute Gasteiger partial charge is 0.396 e. The molecule has 2 N–H and O–H groups in total. The average Bonchev–Trinajstić information content (AvgIpc) is 2.64. The number of rotatable bonds is 3. The highest BCUT2D eigenvalue weighted by Gasteiger charge is 2.37. The van der Waals surface area contributed by atoms with Gasteiger partial charge in [-0.25, -0.2) is 9.18 Å². The number of esters is 1. The van der Waals surface area contributed by atoms with Gasteiger partial charge in [0.15, 0.2) is 0 Å². The summed E-state index contributed by atoms with van der Waals surface area (Å²) in [6.07, 6.45) is 2.69. The number of fused-ring (bicyclic) bond motifs is 1. The molecule has 0 atom stereocenters. The molecule has 0 amide bonds. The first-order valence-corrected chi connectivity index (χ1v) is 10.4. The van der Waals surface area contributed by atoms with Crippen LogP contribution >= 0.6 is 12.2 Å². The van der Waals surface area contributed by atoms with Crippen molar-refractivity contribution in [3.8, 4) is 11.1 Å². The van der Waals surface area contributed by atoms with Crippen LogP contribution < -0.4 is 5.73 Å². The third-order valence-corrected chi connectivity index (χ3v) is 6.26. The number of thiocarbonyl (C=S) groups is 1. The Morgan fingerprint density at radius 3 is 2.31 bits per heavy atom. The molecule has 0 heterocycles. The lowest BCUT2D eigenvalue weighted by molar-refractivity contribution is 0.0715. The molecule has 1 aliphatic rings. The molecule has 2 aromatic carbocycles. The second kappa shape index (κ2) is 7.52. The van der Waals surface area contributed by atoms with Gasteiger partial charge in [-0.1, -0.05) is 58.9 Å². The van der Waals surface area contributed by atoms with Gasteiger partial charge in [-0.15, -0.1) is 0 Å². The van der Waals surface area contributed by atoms with Gasteiger partial charge in [0.2, 0.25) is 0 Å². The number of nitrogens with two attached hydrogens (primary N) is 1. The summed E-state index contributed by atoms with van der Waals surface area (Å²) in [5.41, 5.74) is 10.2. The number of carbonyl (C=O) groups excluding carboxylic acids is 1. The molecule has 29 heavy (non-hydrogen) atoms. The summed E-state index contributed by atoms with van der Waals surface area (Å²) in [5.74, 6) is -1.45. The summed E-state index contributed by atoms with van der Waals surface area (Å²) < 4.78 is 19.9. The van der Waals surface area contributed by atoms with E-state index >= 15 is 4.39 Å². The number of hydrogen-bond acceptors (Lipinski definition) is 3. The highest BCUT2D eigenvalue weighted by molar-refractivity contribution is 7.80. The second-order valence-corrected chi connectivity index (χ2v) is 9.45. The fourth-order valence-electron chi connectivity index (χ4n) is 4.30. The van der Waals surface area contributed by atoms with Gasteiger partial charge >= 0.3 is 5.97 Å². The summed E-state index contributed by atoms with van der Waals surface area (Å²) in [6.45, 7) is 11.0. The molecule has 3 rings (SSSR count). The molecule has 0 aromatic heterocycles. The highest BCUT2D eigenvalue weighted by atomic mass is 32.1. The Kier molecular flexibility index (Phi) is 5.56. The minimum absolute atomic E-state index is 0.0619. The molecule has 0 saturated carbocycles. The Hall–Kier alpha value is -2.27. The molecule has 0 fully saturated rings. The predicted octanol–water partition coefficient (Wildman–Crippen LogP) is 5.80. The fourth-order valence-corrected chi connectivity index (χ4v) is 4.37. The van der Waals surface area contributed by atoms with E-state index in [0.717, 1.165) is 24.0 Å². The van der Waals surface area contributed by atoms with Crippen molar-refractivity contribution in [1.82, 2.24) is 0 Å². The number of halogens is 1. The minimum atomic E-state index is -0.871. The third kappa shape index (κ3) is 3.93. The van der Waals surface area contributed by atoms with Gasteiger partial charge < -0.3 is 10.5 Å². The van der Waals surface area contributed by atoms with Crippen LogP contribution in [-0.2, 0) is 22.0 Å². The van der Waals surface area contributed by atoms with Crippen LogP contribution in [0.4, 0.5) is 4.39 Å². The fraction of sp³-hybridized carbons (Fsp3) is 0.417. The molecule has 0 unspecified atom stereocenters. The molecule has 0 saturated heterocycles. The molecule has 0 bridgehead atoms. The monoisotopic (exact) mass is 413 g/mol. The summed E-state index contributed by atoms with van der Waals surface area (Å²) >= 11 is 4.59. The minimum Gasteiger partial charge on any atom is -0.396 e. The highest BCUT2D eigenvalue weighted by Crippen LogP contribution is 2.47. The lowest BCUT2D eigenvalue weighted by Crippen LogP contribution is -2.33. The maximum Gasteiger partial charge on any atom is 0.348 e. The van der Waals surface area contributed by atoms with Gasteiger partial charge in [0.1, 0.15) is 5.82 Å². The average molecular weight is 414 g/mol. The van der Waals surface area contributed by atoms with Crippen molar-refractivity contribution in [3.05, 3.63) is 58.4 Å². The van der Waals surface area contributed by atoms with Crippen LogP contribution in [-0.4, -0.2) is 11.1 Å². The van der Waals surface area contributed by atoms with Crippen LogP contribution in [0.2, 0.25) is 0 Å². The number of benzene rings is 2. The Bertz CT molecular complexity index is 995. The van der Waals surface area contributed by atoms with Crippen molar-refractivity contribution in [1.29, 1.82) is 0 Å². The molecule has 0 radical (unpaired) electrons. The predicted molar refractivity (Wildman–Crippen MR) is 119 cm³/mol. The molecule has 5 heteroatoms. The molecule has 1 aliphatic carbocycles. The molecular formula is C24H28FNO2S. The van der Waals surface area contributed by atoms with Crippen LogP contribution in [0.1, 0.15) is 74.5 Å². The summed E-state index contributed by atoms with van der Waals surface area (Å²) in [4.78, 5) is 12.1. The summed E-state index contributed by atoms with van der Waals surface area (Å²) in [5, 5.41) is -0.420. The quantitative estimate of drug-likeness (QED) is 0.510. The van der Waals surface area contributed by atoms with Crippen LogP contribution in [0.5, 0.6) is 0 Å². The van der Waals surface area contributed by atoms with Gasteiger partial charge in [0.05, 0.1) is 5.56 Å². The standard InChI is InChI=1S/C24H28FNO2S/c1-6-15-16(8-9-17(20(15)25)21(27)28-22(26)29)14-7-10-18-19(13-14)24(4,5)12-11-23(18,2)3/h7-10,13H,6,11-12H2,1-5H3,(H2,26,29). The van der Waals surface area contributed by atoms with E-state index in [1.165, 1.54) is 17.2 Å². The van der Waals surface area contributed by atoms with Crippen molar-refractivity contribution in [2.75, 3.05) is 0 Å². The van der Waals surface area contributed by atoms with Gasteiger partial charge in [-0.2, -0.15) is 0 Å². The summed E-state index contributed by atoms with van der Waals surface area (Å²) in [6, 6.07) is 9.65. The van der Waals surface area contributed by atoms with E-state index in [9.17, 15) is 4.79 Å². The van der Waals surface area contributed by atoms with E-state index in [1.54, 1.807) is 6.07 Å². The Labute approximate surface area is 177 Å². The van der Waals surface area contributed by atoms with E-state index < -0.39 is 17.0 Å². The van der Waals surface area contributed by atoms with E-state index in [0.29, 0.717) is 12.0 Å². The Balaban J connectivity index is 2.14. The van der Waals surface area contributed by atoms with Crippen molar-refractivity contribution < 1.29 is 13.9 Å². The van der Waals surface area contributed by atoms with Gasteiger partial charge in [-0.05, 0) is 76.2 Å². The van der Waals surface area contributed by atoms with Crippen molar-refractivity contribution in [2.24, 2.45) is 5.73 Å². The smallest absolute Gasteiger partial charge is 0.348 e. The number of hydrogen-bond donors (Lipinski definition) is 1. The zero-order valence-electron chi connectivity index (χ0n) is 17.7. The maximum atomic E-state index is 15.1. The van der Waals surface area contributed by atoms with Crippen LogP contribution in [0.25, 0.3) is 11.1 Å². The van der Waals surface area contributed by atoms with Crippen LogP contribution in [0.15, 0.2) is 30.3 Å². The zero-order valence-corrected chi connectivity index (χ0v) is 18.5. The van der Waals surface area contributed by atoms with E-state index in [-0.39, 0.29) is 16.4 Å². The molecular weight excluding hydrogens is 385 g/mol. The molecule has 3 nitrogen and oxygen atoms in total. The van der Waals surface area contributed by atoms with E-state index in [4.69, 9.17) is 10.5 Å². The summed E-state index contributed by atoms with van der Waals surface area (Å²) in [7, 11) is 0. The maximum absolute atomic E-state index is 15.1. The number of carbonyl (C=O) groups is 1. The van der Waals surface area contributed by atoms with Crippen LogP contribution in [0.3, 0.4) is 0 Å². The van der Waals surface area contributed by atoms with Crippen molar-refractivity contribution in [3.63, 3.8) is 0 Å². The van der Waals surface area contributed by atoms with Crippen LogP contribution in [0, 0.1) is 5.82 Å². The lowest BCUT2D eigenvalue weighted by atomic mass is 9.63. The topological polar surface area (TPSA) is 52.3 Å². The lowest BCUT2D eigenvalue weighted by Gasteiger charge is -2.42. The molecule has 0 spiro atoms. The molecule has 2 aromatic rings. The second-order valence-electron chi connectivity index (χ2n) is 9.04. The Morgan fingerprint density at radius 2 is 1.72 bits per heavy atom. The van der Waals surface area contributed by atoms with Gasteiger partial charge in [0.25, 0.3) is 5.17 Å². The normalized spacial score (nSPS) is 16.8. The SMILES string of the molecule is CCc1c(-c2ccc3c(c2)C(C)(C)CCC3(C)C)ccc(C(=O)OC(N)=S)c1F. The van der Waals surface area contributed by atoms with Crippen molar-refractivity contribution >= 4 is 23.4 Å². The molecule has 154 valence electrons. The van der Waals surface area contributed by atoms with Gasteiger partial charge in [0, 0.05) is 0 Å². The van der Waals surface area contributed by atoms with E-state index in [1.807, 2.05) is 6.92 Å². The third-order valence-electron chi connectivity index (χ3n) is 6.17. The first-order chi connectivity index (χ1) is 13.5. The first-order valence-electron chi connectivity index (χ1n) is 9.96. The van der Waals surface area contributed by atoms with Gasteiger partial charge in [-0.3, -0.25) is 0 Å².